The van der Waals surface area contributed by atoms with E-state index in [1.807, 2.05) is 50.2 Å². The third-order valence-corrected chi connectivity index (χ3v) is 7.08. The number of benzene rings is 2. The molecule has 0 saturated carbocycles. The molecule has 0 radical (unpaired) electrons. The van der Waals surface area contributed by atoms with Crippen LogP contribution in [0.1, 0.15) is 38.8 Å². The lowest BCUT2D eigenvalue weighted by Gasteiger charge is -2.27. The Hall–Kier alpha value is -1.18. The van der Waals surface area contributed by atoms with Crippen LogP contribution in [0.3, 0.4) is 0 Å². The number of ether oxygens (including phenoxy) is 2. The van der Waals surface area contributed by atoms with Crippen LogP contribution in [-0.2, 0) is 15.4 Å². The first-order valence-corrected chi connectivity index (χ1v) is 13.9. The molecule has 2 aromatic rings. The highest BCUT2D eigenvalue weighted by molar-refractivity contribution is 7.88. The third kappa shape index (κ3) is 8.52. The smallest absolute Gasteiger partial charge is 0.208 e. The van der Waals surface area contributed by atoms with Gasteiger partial charge in [-0.05, 0) is 35.4 Å². The molecule has 33 heavy (non-hydrogen) atoms. The topological polar surface area (TPSA) is 64.6 Å². The largest absolute Gasteiger partial charge is 0.493 e. The predicted octanol–water partition coefficient (Wildman–Crippen LogP) is 6.14. The Morgan fingerprint density at radius 1 is 0.939 bits per heavy atom. The minimum atomic E-state index is -3.21. The third-order valence-electron chi connectivity index (χ3n) is 5.30. The van der Waals surface area contributed by atoms with Crippen LogP contribution in [0.15, 0.2) is 36.4 Å². The second-order valence-electron chi connectivity index (χ2n) is 9.03. The van der Waals surface area contributed by atoms with Gasteiger partial charge in [0, 0.05) is 29.7 Å². The molecule has 184 valence electrons. The Kier molecular flexibility index (Phi) is 10.2. The van der Waals surface area contributed by atoms with E-state index in [4.69, 9.17) is 44.3 Å². The standard InChI is InChI=1S/C24H32Cl3NO4S/c1-16(12-25)14-32-23-21(26)10-19(11-22(23)27)24(3,4)18-6-8-20(9-7-18)31-15-17(2)13-28-33(5,29)30/h6-11,16-17,28H,12-15H2,1-5H3. The number of alkyl halides is 1. The molecule has 1 N–H and O–H groups in total. The molecule has 0 saturated heterocycles. The average molecular weight is 537 g/mol. The molecule has 0 aliphatic carbocycles. The van der Waals surface area contributed by atoms with Crippen molar-refractivity contribution in [3.8, 4) is 11.5 Å². The first-order valence-electron chi connectivity index (χ1n) is 10.7. The van der Waals surface area contributed by atoms with Crippen LogP contribution in [0.2, 0.25) is 10.0 Å². The summed E-state index contributed by atoms with van der Waals surface area (Å²) in [5.41, 5.74) is 1.67. The van der Waals surface area contributed by atoms with Crippen molar-refractivity contribution in [2.45, 2.75) is 33.1 Å². The summed E-state index contributed by atoms with van der Waals surface area (Å²) >= 11 is 18.8. The van der Waals surface area contributed by atoms with Crippen LogP contribution < -0.4 is 14.2 Å². The van der Waals surface area contributed by atoms with Crippen LogP contribution in [0.25, 0.3) is 0 Å². The summed E-state index contributed by atoms with van der Waals surface area (Å²) in [5.74, 6) is 1.91. The van der Waals surface area contributed by atoms with E-state index >= 15 is 0 Å². The van der Waals surface area contributed by atoms with Gasteiger partial charge in [-0.2, -0.15) is 0 Å². The van der Waals surface area contributed by atoms with Gasteiger partial charge < -0.3 is 9.47 Å². The molecule has 2 aromatic carbocycles. The minimum Gasteiger partial charge on any atom is -0.493 e. The maximum Gasteiger partial charge on any atom is 0.208 e. The Bertz CT molecular complexity index is 1000. The molecular weight excluding hydrogens is 505 g/mol. The van der Waals surface area contributed by atoms with Gasteiger partial charge in [-0.3, -0.25) is 0 Å². The highest BCUT2D eigenvalue weighted by atomic mass is 35.5. The molecule has 0 amide bonds. The van der Waals surface area contributed by atoms with E-state index in [0.717, 1.165) is 17.4 Å². The summed E-state index contributed by atoms with van der Waals surface area (Å²) in [6, 6.07) is 11.6. The van der Waals surface area contributed by atoms with Crippen molar-refractivity contribution in [1.82, 2.24) is 4.72 Å². The first-order chi connectivity index (χ1) is 15.3. The van der Waals surface area contributed by atoms with Gasteiger partial charge in [0.25, 0.3) is 0 Å². The molecule has 0 aliphatic rings. The summed E-state index contributed by atoms with van der Waals surface area (Å²) in [4.78, 5) is 0. The molecule has 9 heteroatoms. The number of sulfonamides is 1. The van der Waals surface area contributed by atoms with Gasteiger partial charge in [-0.15, -0.1) is 11.6 Å². The van der Waals surface area contributed by atoms with E-state index in [1.165, 1.54) is 0 Å². The molecule has 0 aromatic heterocycles. The molecule has 0 fully saturated rings. The van der Waals surface area contributed by atoms with Crippen molar-refractivity contribution in [2.75, 3.05) is 31.9 Å². The van der Waals surface area contributed by atoms with Crippen molar-refractivity contribution in [2.24, 2.45) is 11.8 Å². The average Bonchev–Trinajstić information content (AvgIpc) is 2.75. The maximum atomic E-state index is 11.2. The Morgan fingerprint density at radius 3 is 2.00 bits per heavy atom. The Morgan fingerprint density at radius 2 is 1.48 bits per heavy atom. The van der Waals surface area contributed by atoms with Crippen molar-refractivity contribution in [3.05, 3.63) is 57.6 Å². The lowest BCUT2D eigenvalue weighted by Crippen LogP contribution is -2.29. The highest BCUT2D eigenvalue weighted by Gasteiger charge is 2.26. The molecule has 0 heterocycles. The van der Waals surface area contributed by atoms with Gasteiger partial charge in [-0.25, -0.2) is 13.1 Å². The second-order valence-corrected chi connectivity index (χ2v) is 12.0. The number of hydrogen-bond acceptors (Lipinski definition) is 4. The normalized spacial score (nSPS) is 14.1. The van der Waals surface area contributed by atoms with E-state index in [9.17, 15) is 8.42 Å². The van der Waals surface area contributed by atoms with Gasteiger partial charge in [0.1, 0.15) is 5.75 Å². The summed E-state index contributed by atoms with van der Waals surface area (Å²) < 4.78 is 36.5. The minimum absolute atomic E-state index is 0.0354. The van der Waals surface area contributed by atoms with Gasteiger partial charge in [0.2, 0.25) is 10.0 Å². The molecule has 2 rings (SSSR count). The van der Waals surface area contributed by atoms with Gasteiger partial charge >= 0.3 is 0 Å². The van der Waals surface area contributed by atoms with Crippen molar-refractivity contribution in [3.63, 3.8) is 0 Å². The molecule has 0 aliphatic heterocycles. The molecule has 2 unspecified atom stereocenters. The van der Waals surface area contributed by atoms with Crippen LogP contribution in [0.5, 0.6) is 11.5 Å². The SMILES string of the molecule is CC(CNS(C)(=O)=O)COc1ccc(C(C)(C)c2cc(Cl)c(OCC(C)CCl)c(Cl)c2)cc1. The maximum absolute atomic E-state index is 11.2. The number of hydrogen-bond donors (Lipinski definition) is 1. The zero-order valence-corrected chi connectivity index (χ0v) is 22.7. The molecule has 0 spiro atoms. The highest BCUT2D eigenvalue weighted by Crippen LogP contribution is 2.40. The monoisotopic (exact) mass is 535 g/mol. The van der Waals surface area contributed by atoms with E-state index in [0.29, 0.717) is 47.2 Å². The van der Waals surface area contributed by atoms with E-state index in [-0.39, 0.29) is 17.3 Å². The van der Waals surface area contributed by atoms with Crippen LogP contribution in [0, 0.1) is 11.8 Å². The van der Waals surface area contributed by atoms with Gasteiger partial charge in [-0.1, -0.05) is 63.0 Å². The lowest BCUT2D eigenvalue weighted by molar-refractivity contribution is 0.261. The second kappa shape index (κ2) is 12.0. The summed E-state index contributed by atoms with van der Waals surface area (Å²) in [5, 5.41) is 0.924. The quantitative estimate of drug-likeness (QED) is 0.331. The van der Waals surface area contributed by atoms with E-state index in [1.54, 1.807) is 0 Å². The number of nitrogens with one attached hydrogen (secondary N) is 1. The van der Waals surface area contributed by atoms with Gasteiger partial charge in [0.15, 0.2) is 5.75 Å². The molecule has 5 nitrogen and oxygen atoms in total. The fourth-order valence-electron chi connectivity index (χ4n) is 3.05. The zero-order chi connectivity index (χ0) is 24.8. The van der Waals surface area contributed by atoms with Crippen molar-refractivity contribution < 1.29 is 17.9 Å². The first kappa shape index (κ1) is 28.1. The van der Waals surface area contributed by atoms with E-state index < -0.39 is 10.0 Å². The number of rotatable bonds is 12. The Labute approximate surface area is 212 Å². The van der Waals surface area contributed by atoms with Crippen LogP contribution in [-0.4, -0.2) is 40.3 Å². The molecular formula is C24H32Cl3NO4S. The van der Waals surface area contributed by atoms with Crippen molar-refractivity contribution in [1.29, 1.82) is 0 Å². The summed E-state index contributed by atoms with van der Waals surface area (Å²) in [6.07, 6.45) is 1.14. The Balaban J connectivity index is 2.09. The fraction of sp³-hybridized carbons (Fsp3) is 0.500. The summed E-state index contributed by atoms with van der Waals surface area (Å²) in [7, 11) is -3.21. The molecule has 2 atom stereocenters. The predicted molar refractivity (Wildman–Crippen MR) is 138 cm³/mol. The molecule has 0 bridgehead atoms. The van der Waals surface area contributed by atoms with Gasteiger partial charge in [0.05, 0.1) is 29.5 Å². The van der Waals surface area contributed by atoms with Crippen molar-refractivity contribution >= 4 is 44.8 Å². The van der Waals surface area contributed by atoms with Crippen LogP contribution in [0.4, 0.5) is 0 Å². The lowest BCUT2D eigenvalue weighted by atomic mass is 9.78. The fourth-order valence-corrected chi connectivity index (χ4v) is 4.33. The zero-order valence-electron chi connectivity index (χ0n) is 19.6. The number of halogens is 3. The van der Waals surface area contributed by atoms with E-state index in [2.05, 4.69) is 18.6 Å². The summed E-state index contributed by atoms with van der Waals surface area (Å²) in [6.45, 7) is 9.28. The van der Waals surface area contributed by atoms with Crippen LogP contribution >= 0.6 is 34.8 Å².